The molecule has 0 aromatic heterocycles. The van der Waals surface area contributed by atoms with E-state index in [1.165, 1.54) is 13.8 Å². The van der Waals surface area contributed by atoms with E-state index < -0.39 is 61.3 Å². The summed E-state index contributed by atoms with van der Waals surface area (Å²) in [6.07, 6.45) is -6.22. The van der Waals surface area contributed by atoms with Crippen molar-refractivity contribution >= 4 is 11.9 Å². The second kappa shape index (κ2) is 7.81. The highest BCUT2D eigenvalue weighted by atomic mass is 16.6. The first kappa shape index (κ1) is 18.7. The maximum absolute atomic E-state index is 11.8. The van der Waals surface area contributed by atoms with E-state index in [-0.39, 0.29) is 0 Å². The first-order chi connectivity index (χ1) is 10.2. The van der Waals surface area contributed by atoms with Crippen LogP contribution >= 0.6 is 0 Å². The first-order valence-electron chi connectivity index (χ1n) is 6.75. The van der Waals surface area contributed by atoms with Crippen molar-refractivity contribution in [1.82, 2.24) is 5.32 Å². The number of aliphatic carboxylic acids is 1. The highest BCUT2D eigenvalue weighted by Gasteiger charge is 2.44. The molecular formula is C12H22N2O8. The van der Waals surface area contributed by atoms with Crippen LogP contribution in [0, 0.1) is 0 Å². The van der Waals surface area contributed by atoms with Crippen molar-refractivity contribution in [2.24, 2.45) is 5.73 Å². The largest absolute Gasteiger partial charge is 0.480 e. The zero-order valence-corrected chi connectivity index (χ0v) is 12.2. The summed E-state index contributed by atoms with van der Waals surface area (Å²) in [6.45, 7) is 2.06. The Bertz CT molecular complexity index is 407. The topological polar surface area (TPSA) is 172 Å². The van der Waals surface area contributed by atoms with Gasteiger partial charge in [0.05, 0.1) is 12.6 Å². The van der Waals surface area contributed by atoms with Crippen molar-refractivity contribution in [3.05, 3.63) is 0 Å². The molecule has 1 unspecified atom stereocenters. The predicted octanol–water partition coefficient (Wildman–Crippen LogP) is -3.25. The van der Waals surface area contributed by atoms with Crippen molar-refractivity contribution in [3.8, 4) is 0 Å². The quantitative estimate of drug-likeness (QED) is 0.293. The van der Waals surface area contributed by atoms with Crippen LogP contribution in [-0.4, -0.2) is 81.7 Å². The van der Waals surface area contributed by atoms with Gasteiger partial charge in [-0.25, -0.2) is 0 Å². The van der Waals surface area contributed by atoms with Gasteiger partial charge < -0.3 is 41.0 Å². The minimum atomic E-state index is -1.47. The average molecular weight is 322 g/mol. The molecule has 1 aliphatic rings. The molecule has 1 amide bonds. The molecule has 0 bridgehead atoms. The van der Waals surface area contributed by atoms with E-state index in [4.69, 9.17) is 25.4 Å². The van der Waals surface area contributed by atoms with Gasteiger partial charge in [0.15, 0.2) is 6.29 Å². The summed E-state index contributed by atoms with van der Waals surface area (Å²) < 4.78 is 10.2. The van der Waals surface area contributed by atoms with Crippen molar-refractivity contribution in [2.75, 3.05) is 6.61 Å². The Balaban J connectivity index is 2.69. The molecule has 7 N–H and O–H groups in total. The van der Waals surface area contributed by atoms with Gasteiger partial charge >= 0.3 is 5.97 Å². The third kappa shape index (κ3) is 4.35. The third-order valence-corrected chi connectivity index (χ3v) is 3.38. The Morgan fingerprint density at radius 2 is 1.95 bits per heavy atom. The summed E-state index contributed by atoms with van der Waals surface area (Å²) in [5.41, 5.74) is 5.66. The molecule has 10 nitrogen and oxygen atoms in total. The van der Waals surface area contributed by atoms with Crippen LogP contribution in [0.5, 0.6) is 0 Å². The lowest BCUT2D eigenvalue weighted by molar-refractivity contribution is -0.261. The van der Waals surface area contributed by atoms with E-state index >= 15 is 0 Å². The van der Waals surface area contributed by atoms with Crippen LogP contribution < -0.4 is 11.1 Å². The predicted molar refractivity (Wildman–Crippen MR) is 71.5 cm³/mol. The number of carbonyl (C=O) groups excluding carboxylic acids is 1. The number of nitrogens with two attached hydrogens (primary N) is 1. The molecule has 7 atom stereocenters. The fourth-order valence-electron chi connectivity index (χ4n) is 1.96. The number of carbonyl (C=O) groups is 2. The number of nitrogens with one attached hydrogen (secondary N) is 1. The van der Waals surface area contributed by atoms with E-state index in [2.05, 4.69) is 5.32 Å². The van der Waals surface area contributed by atoms with Crippen molar-refractivity contribution in [2.45, 2.75) is 56.6 Å². The number of aliphatic hydroxyl groups is 3. The monoisotopic (exact) mass is 322 g/mol. The fourth-order valence-corrected chi connectivity index (χ4v) is 1.96. The Morgan fingerprint density at radius 3 is 2.45 bits per heavy atom. The molecule has 0 aromatic carbocycles. The van der Waals surface area contributed by atoms with Crippen molar-refractivity contribution in [3.63, 3.8) is 0 Å². The summed E-state index contributed by atoms with van der Waals surface area (Å²) in [5, 5.41) is 39.6. The molecule has 128 valence electrons. The molecule has 1 fully saturated rings. The van der Waals surface area contributed by atoms with Crippen LogP contribution in [0.2, 0.25) is 0 Å². The SMILES string of the molecule is CC(O[C@@H]1[C@@H](N)[C@@H](O)O[C@H](CO)[C@H]1O)C(=O)N[C@@H](C)C(=O)O. The second-order valence-corrected chi connectivity index (χ2v) is 5.13. The van der Waals surface area contributed by atoms with Gasteiger partial charge in [-0.15, -0.1) is 0 Å². The molecule has 1 rings (SSSR count). The van der Waals surface area contributed by atoms with Gasteiger partial charge in [0, 0.05) is 0 Å². The number of carboxylic acid groups (broad SMARTS) is 1. The summed E-state index contributed by atoms with van der Waals surface area (Å²) >= 11 is 0. The molecule has 22 heavy (non-hydrogen) atoms. The summed E-state index contributed by atoms with van der Waals surface area (Å²) in [5.74, 6) is -1.92. The van der Waals surface area contributed by atoms with Crippen LogP contribution in [0.25, 0.3) is 0 Å². The van der Waals surface area contributed by atoms with E-state index in [1.54, 1.807) is 0 Å². The lowest BCUT2D eigenvalue weighted by atomic mass is 9.97. The molecule has 0 aromatic rings. The van der Waals surface area contributed by atoms with Crippen LogP contribution in [0.1, 0.15) is 13.8 Å². The number of carboxylic acids is 1. The number of rotatable bonds is 6. The van der Waals surface area contributed by atoms with Crippen LogP contribution in [0.4, 0.5) is 0 Å². The Morgan fingerprint density at radius 1 is 1.36 bits per heavy atom. The maximum atomic E-state index is 11.8. The highest BCUT2D eigenvalue weighted by molar-refractivity contribution is 5.85. The van der Waals surface area contributed by atoms with Crippen molar-refractivity contribution in [1.29, 1.82) is 0 Å². The normalized spacial score (nSPS) is 34.7. The summed E-state index contributed by atoms with van der Waals surface area (Å²) in [6, 6.07) is -2.24. The Kier molecular flexibility index (Phi) is 6.66. The number of ether oxygens (including phenoxy) is 2. The third-order valence-electron chi connectivity index (χ3n) is 3.38. The maximum Gasteiger partial charge on any atom is 0.325 e. The zero-order valence-electron chi connectivity index (χ0n) is 12.2. The number of hydrogen-bond donors (Lipinski definition) is 6. The molecule has 1 heterocycles. The van der Waals surface area contributed by atoms with Gasteiger partial charge in [-0.3, -0.25) is 9.59 Å². The molecule has 10 heteroatoms. The highest BCUT2D eigenvalue weighted by Crippen LogP contribution is 2.22. The van der Waals surface area contributed by atoms with Gasteiger partial charge in [-0.1, -0.05) is 0 Å². The smallest absolute Gasteiger partial charge is 0.325 e. The first-order valence-corrected chi connectivity index (χ1v) is 6.75. The standard InChI is InChI=1S/C12H22N2O8/c1-4(11(18)19)14-10(17)5(2)21-9-7(13)12(20)22-6(3-15)8(9)16/h4-9,12,15-16,20H,3,13H2,1-2H3,(H,14,17)(H,18,19)/t4-,5?,6+,7+,8+,9+,12-/m0/s1. The van der Waals surface area contributed by atoms with Gasteiger partial charge in [-0.05, 0) is 13.8 Å². The molecule has 0 spiro atoms. The minimum Gasteiger partial charge on any atom is -0.480 e. The fraction of sp³-hybridized carbons (Fsp3) is 0.833. The molecule has 1 aliphatic heterocycles. The van der Waals surface area contributed by atoms with E-state index in [0.717, 1.165) is 0 Å². The molecule has 0 saturated carbocycles. The van der Waals surface area contributed by atoms with Crippen LogP contribution in [0.15, 0.2) is 0 Å². The van der Waals surface area contributed by atoms with Crippen molar-refractivity contribution < 1.29 is 39.5 Å². The molecule has 1 saturated heterocycles. The second-order valence-electron chi connectivity index (χ2n) is 5.13. The van der Waals surface area contributed by atoms with E-state index in [0.29, 0.717) is 0 Å². The van der Waals surface area contributed by atoms with E-state index in [9.17, 15) is 19.8 Å². The van der Waals surface area contributed by atoms with Gasteiger partial charge in [-0.2, -0.15) is 0 Å². The van der Waals surface area contributed by atoms with Gasteiger partial charge in [0.2, 0.25) is 5.91 Å². The molecule has 0 aliphatic carbocycles. The number of hydrogen-bond acceptors (Lipinski definition) is 8. The zero-order chi connectivity index (χ0) is 17.0. The van der Waals surface area contributed by atoms with Gasteiger partial charge in [0.1, 0.15) is 30.5 Å². The Hall–Kier alpha value is -1.30. The van der Waals surface area contributed by atoms with Gasteiger partial charge in [0.25, 0.3) is 0 Å². The number of amides is 1. The summed E-state index contributed by atoms with van der Waals surface area (Å²) in [7, 11) is 0. The Labute approximate surface area is 126 Å². The van der Waals surface area contributed by atoms with E-state index in [1.807, 2.05) is 0 Å². The number of aliphatic hydroxyl groups excluding tert-OH is 3. The minimum absolute atomic E-state index is 0.568. The lowest BCUT2D eigenvalue weighted by Gasteiger charge is -2.41. The average Bonchev–Trinajstić information content (AvgIpc) is 2.46. The molecule has 0 radical (unpaired) electrons. The lowest BCUT2D eigenvalue weighted by Crippen LogP contribution is -2.63. The molecular weight excluding hydrogens is 300 g/mol. The van der Waals surface area contributed by atoms with Crippen LogP contribution in [0.3, 0.4) is 0 Å². The summed E-state index contributed by atoms with van der Waals surface area (Å²) in [4.78, 5) is 22.5. The van der Waals surface area contributed by atoms with Crippen LogP contribution in [-0.2, 0) is 19.1 Å².